The van der Waals surface area contributed by atoms with Gasteiger partial charge in [0.2, 0.25) is 0 Å². The fourth-order valence-electron chi connectivity index (χ4n) is 1.53. The number of benzene rings is 1. The highest BCUT2D eigenvalue weighted by Crippen LogP contribution is 2.33. The average molecular weight is 224 g/mol. The zero-order valence-corrected chi connectivity index (χ0v) is 9.17. The van der Waals surface area contributed by atoms with E-state index in [1.54, 1.807) is 7.11 Å². The van der Waals surface area contributed by atoms with Crippen molar-refractivity contribution >= 4 is 26.7 Å². The summed E-state index contributed by atoms with van der Waals surface area (Å²) in [6.07, 6.45) is 0.613. The molecule has 2 rings (SSSR count). The Morgan fingerprint density at radius 2 is 2.33 bits per heavy atom. The van der Waals surface area contributed by atoms with Crippen molar-refractivity contribution in [2.24, 2.45) is 0 Å². The number of thiazole rings is 1. The minimum Gasteiger partial charge on any atom is -0.494 e. The number of anilines is 1. The van der Waals surface area contributed by atoms with Gasteiger partial charge in [0.1, 0.15) is 11.3 Å². The molecule has 5 heteroatoms. The number of aliphatic hydroxyl groups is 1. The normalized spacial score (nSPS) is 10.8. The first kappa shape index (κ1) is 10.2. The predicted molar refractivity (Wildman–Crippen MR) is 61.4 cm³/mol. The summed E-state index contributed by atoms with van der Waals surface area (Å²) in [5.74, 6) is 0.722. The van der Waals surface area contributed by atoms with E-state index in [0.29, 0.717) is 11.6 Å². The number of hydrogen-bond donors (Lipinski definition) is 2. The van der Waals surface area contributed by atoms with Crippen LogP contribution in [0.4, 0.5) is 5.13 Å². The highest BCUT2D eigenvalue weighted by Gasteiger charge is 2.11. The van der Waals surface area contributed by atoms with E-state index in [4.69, 9.17) is 15.6 Å². The molecular formula is C10H12N2O2S. The van der Waals surface area contributed by atoms with E-state index >= 15 is 0 Å². The Kier molecular flexibility index (Phi) is 2.75. The van der Waals surface area contributed by atoms with Crippen LogP contribution in [0.5, 0.6) is 5.75 Å². The van der Waals surface area contributed by atoms with Crippen LogP contribution in [0.3, 0.4) is 0 Å². The second kappa shape index (κ2) is 4.04. The number of nitrogen functional groups attached to an aromatic ring is 1. The van der Waals surface area contributed by atoms with E-state index < -0.39 is 0 Å². The van der Waals surface area contributed by atoms with E-state index in [9.17, 15) is 0 Å². The number of nitrogens with two attached hydrogens (primary N) is 1. The molecule has 0 saturated heterocycles. The SMILES string of the molecule is COc1ccc(CCO)c2sc(N)nc12. The van der Waals surface area contributed by atoms with Gasteiger partial charge in [0.05, 0.1) is 11.8 Å². The number of aromatic nitrogens is 1. The van der Waals surface area contributed by atoms with Gasteiger partial charge in [0.25, 0.3) is 0 Å². The molecule has 1 heterocycles. The second-order valence-electron chi connectivity index (χ2n) is 3.13. The number of nitrogens with zero attached hydrogens (tertiary/aromatic N) is 1. The highest BCUT2D eigenvalue weighted by atomic mass is 32.1. The van der Waals surface area contributed by atoms with Crippen molar-refractivity contribution in [3.63, 3.8) is 0 Å². The van der Waals surface area contributed by atoms with E-state index in [1.807, 2.05) is 12.1 Å². The number of methoxy groups -OCH3 is 1. The molecule has 0 unspecified atom stereocenters. The number of rotatable bonds is 3. The number of aliphatic hydroxyl groups excluding tert-OH is 1. The Balaban J connectivity index is 2.65. The highest BCUT2D eigenvalue weighted by molar-refractivity contribution is 7.22. The zero-order valence-electron chi connectivity index (χ0n) is 8.36. The topological polar surface area (TPSA) is 68.4 Å². The lowest BCUT2D eigenvalue weighted by molar-refractivity contribution is 0.300. The van der Waals surface area contributed by atoms with Crippen LogP contribution >= 0.6 is 11.3 Å². The number of ether oxygens (including phenoxy) is 1. The molecule has 0 fully saturated rings. The Morgan fingerprint density at radius 1 is 1.53 bits per heavy atom. The summed E-state index contributed by atoms with van der Waals surface area (Å²) in [5, 5.41) is 9.46. The Morgan fingerprint density at radius 3 is 3.00 bits per heavy atom. The largest absolute Gasteiger partial charge is 0.494 e. The third-order valence-corrected chi connectivity index (χ3v) is 3.17. The van der Waals surface area contributed by atoms with E-state index in [-0.39, 0.29) is 6.61 Å². The maximum Gasteiger partial charge on any atom is 0.181 e. The molecule has 0 spiro atoms. The van der Waals surface area contributed by atoms with Gasteiger partial charge in [-0.05, 0) is 18.1 Å². The number of hydrogen-bond acceptors (Lipinski definition) is 5. The fraction of sp³-hybridized carbons (Fsp3) is 0.300. The minimum absolute atomic E-state index is 0.124. The molecule has 0 radical (unpaired) electrons. The average Bonchev–Trinajstić information content (AvgIpc) is 2.61. The molecule has 0 aliphatic carbocycles. The van der Waals surface area contributed by atoms with Crippen molar-refractivity contribution < 1.29 is 9.84 Å². The van der Waals surface area contributed by atoms with Crippen LogP contribution in [0.25, 0.3) is 10.2 Å². The van der Waals surface area contributed by atoms with Crippen molar-refractivity contribution in [1.82, 2.24) is 4.98 Å². The summed E-state index contributed by atoms with van der Waals surface area (Å²) in [7, 11) is 1.61. The van der Waals surface area contributed by atoms with Crippen LogP contribution in [0.2, 0.25) is 0 Å². The summed E-state index contributed by atoms with van der Waals surface area (Å²) < 4.78 is 6.20. The van der Waals surface area contributed by atoms with Gasteiger partial charge in [-0.2, -0.15) is 0 Å². The van der Waals surface area contributed by atoms with E-state index in [0.717, 1.165) is 21.5 Å². The van der Waals surface area contributed by atoms with Crippen molar-refractivity contribution in [3.05, 3.63) is 17.7 Å². The quantitative estimate of drug-likeness (QED) is 0.827. The van der Waals surface area contributed by atoms with Crippen LogP contribution in [0.1, 0.15) is 5.56 Å². The molecule has 0 atom stereocenters. The van der Waals surface area contributed by atoms with Gasteiger partial charge in [-0.3, -0.25) is 0 Å². The van der Waals surface area contributed by atoms with Crippen LogP contribution in [-0.4, -0.2) is 23.8 Å². The van der Waals surface area contributed by atoms with Crippen molar-refractivity contribution in [2.75, 3.05) is 19.5 Å². The van der Waals surface area contributed by atoms with Gasteiger partial charge in [0, 0.05) is 6.61 Å². The molecule has 0 aliphatic heterocycles. The first-order chi connectivity index (χ1) is 7.26. The van der Waals surface area contributed by atoms with Gasteiger partial charge in [-0.25, -0.2) is 4.98 Å². The monoisotopic (exact) mass is 224 g/mol. The van der Waals surface area contributed by atoms with Crippen molar-refractivity contribution in [3.8, 4) is 5.75 Å². The Labute approximate surface area is 91.3 Å². The fourth-order valence-corrected chi connectivity index (χ4v) is 2.42. The van der Waals surface area contributed by atoms with Gasteiger partial charge in [-0.15, -0.1) is 0 Å². The van der Waals surface area contributed by atoms with E-state index in [1.165, 1.54) is 11.3 Å². The molecule has 4 nitrogen and oxygen atoms in total. The summed E-state index contributed by atoms with van der Waals surface area (Å²) in [4.78, 5) is 4.22. The molecule has 0 aliphatic rings. The number of fused-ring (bicyclic) bond motifs is 1. The van der Waals surface area contributed by atoms with E-state index in [2.05, 4.69) is 4.98 Å². The lowest BCUT2D eigenvalue weighted by Crippen LogP contribution is -1.92. The second-order valence-corrected chi connectivity index (χ2v) is 4.16. The predicted octanol–water partition coefficient (Wildman–Crippen LogP) is 1.42. The van der Waals surface area contributed by atoms with Crippen molar-refractivity contribution in [2.45, 2.75) is 6.42 Å². The van der Waals surface area contributed by atoms with Gasteiger partial charge < -0.3 is 15.6 Å². The van der Waals surface area contributed by atoms with Crippen LogP contribution in [-0.2, 0) is 6.42 Å². The lowest BCUT2D eigenvalue weighted by atomic mass is 10.1. The molecule has 0 amide bonds. The maximum atomic E-state index is 8.93. The lowest BCUT2D eigenvalue weighted by Gasteiger charge is -2.03. The van der Waals surface area contributed by atoms with Crippen LogP contribution < -0.4 is 10.5 Å². The maximum absolute atomic E-state index is 8.93. The summed E-state index contributed by atoms with van der Waals surface area (Å²) in [6, 6.07) is 3.79. The molecule has 0 bridgehead atoms. The summed E-state index contributed by atoms with van der Waals surface area (Å²) >= 11 is 1.42. The van der Waals surface area contributed by atoms with Crippen LogP contribution in [0.15, 0.2) is 12.1 Å². The van der Waals surface area contributed by atoms with Gasteiger partial charge in [0.15, 0.2) is 5.13 Å². The third kappa shape index (κ3) is 1.75. The standard InChI is InChI=1S/C10H12N2O2S/c1-14-7-3-2-6(4-5-13)9-8(7)12-10(11)15-9/h2-3,13H,4-5H2,1H3,(H2,11,12). The molecular weight excluding hydrogens is 212 g/mol. The molecule has 3 N–H and O–H groups in total. The molecule has 15 heavy (non-hydrogen) atoms. The summed E-state index contributed by atoms with van der Waals surface area (Å²) in [5.41, 5.74) is 7.51. The zero-order chi connectivity index (χ0) is 10.8. The van der Waals surface area contributed by atoms with Gasteiger partial charge >= 0.3 is 0 Å². The van der Waals surface area contributed by atoms with Gasteiger partial charge in [-0.1, -0.05) is 17.4 Å². The Bertz CT molecular complexity index is 481. The molecule has 2 aromatic rings. The summed E-state index contributed by atoms with van der Waals surface area (Å²) in [6.45, 7) is 0.124. The molecule has 0 saturated carbocycles. The molecule has 80 valence electrons. The smallest absolute Gasteiger partial charge is 0.181 e. The minimum atomic E-state index is 0.124. The third-order valence-electron chi connectivity index (χ3n) is 2.21. The van der Waals surface area contributed by atoms with Crippen LogP contribution in [0, 0.1) is 0 Å². The molecule has 1 aromatic heterocycles. The Hall–Kier alpha value is -1.33. The first-order valence-corrected chi connectivity index (χ1v) is 5.40. The first-order valence-electron chi connectivity index (χ1n) is 4.59. The molecule has 1 aromatic carbocycles. The van der Waals surface area contributed by atoms with Crippen molar-refractivity contribution in [1.29, 1.82) is 0 Å².